The van der Waals surface area contributed by atoms with Gasteiger partial charge in [-0.3, -0.25) is 4.68 Å². The Hall–Kier alpha value is -0.340. The van der Waals surface area contributed by atoms with E-state index in [1.54, 1.807) is 0 Å². The van der Waals surface area contributed by atoms with E-state index in [0.29, 0.717) is 0 Å². The van der Waals surface area contributed by atoms with Crippen molar-refractivity contribution >= 4 is 33.2 Å². The number of rotatable bonds is 6. The van der Waals surface area contributed by atoms with Gasteiger partial charge in [-0.25, -0.2) is 13.1 Å². The fraction of sp³-hybridized carbons (Fsp3) is 0.625. The van der Waals surface area contributed by atoms with Crippen molar-refractivity contribution in [2.45, 2.75) is 11.1 Å². The normalized spacial score (nSPS) is 13.9. The number of nitrogens with one attached hydrogen (secondary N) is 1. The monoisotopic (exact) mass is 301 g/mol. The largest absolute Gasteiger partial charge is 0.383 e. The predicted molar refractivity (Wildman–Crippen MR) is 64.9 cm³/mol. The van der Waals surface area contributed by atoms with Gasteiger partial charge in [0.1, 0.15) is 0 Å². The lowest BCUT2D eigenvalue weighted by Crippen LogP contribution is -2.40. The van der Waals surface area contributed by atoms with Crippen LogP contribution in [-0.4, -0.2) is 43.8 Å². The lowest BCUT2D eigenvalue weighted by Gasteiger charge is -2.15. The van der Waals surface area contributed by atoms with Crippen LogP contribution in [0.4, 0.5) is 0 Å². The molecule has 0 saturated heterocycles. The molecule has 1 unspecified atom stereocenters. The van der Waals surface area contributed by atoms with Crippen LogP contribution in [0.2, 0.25) is 5.02 Å². The fourth-order valence-corrected chi connectivity index (χ4v) is 3.42. The van der Waals surface area contributed by atoms with Crippen LogP contribution < -0.4 is 4.72 Å². The maximum atomic E-state index is 12.0. The lowest BCUT2D eigenvalue weighted by atomic mass is 10.4. The molecular weight excluding hydrogens is 289 g/mol. The summed E-state index contributed by atoms with van der Waals surface area (Å²) in [7, 11) is -0.802. The van der Waals surface area contributed by atoms with Crippen LogP contribution in [0, 0.1) is 0 Å². The SMILES string of the molecule is COCC(CCl)NS(=O)(=O)c1c(Cl)cnn1C. The molecule has 1 heterocycles. The Morgan fingerprint density at radius 3 is 2.71 bits per heavy atom. The minimum Gasteiger partial charge on any atom is -0.383 e. The Balaban J connectivity index is 2.96. The minimum atomic E-state index is -3.76. The van der Waals surface area contributed by atoms with E-state index in [1.165, 1.54) is 25.0 Å². The topological polar surface area (TPSA) is 73.2 Å². The molecule has 0 amide bonds. The van der Waals surface area contributed by atoms with Gasteiger partial charge in [0.05, 0.1) is 23.9 Å². The minimum absolute atomic E-state index is 0.0609. The molecule has 0 aliphatic rings. The van der Waals surface area contributed by atoms with Crippen LogP contribution in [-0.2, 0) is 21.8 Å². The maximum Gasteiger partial charge on any atom is 0.259 e. The van der Waals surface area contributed by atoms with E-state index >= 15 is 0 Å². The third kappa shape index (κ3) is 3.56. The van der Waals surface area contributed by atoms with Crippen molar-refractivity contribution in [3.05, 3.63) is 11.2 Å². The zero-order valence-electron chi connectivity index (χ0n) is 9.35. The summed E-state index contributed by atoms with van der Waals surface area (Å²) >= 11 is 11.4. The molecule has 1 aromatic heterocycles. The van der Waals surface area contributed by atoms with Crippen molar-refractivity contribution in [2.75, 3.05) is 19.6 Å². The van der Waals surface area contributed by atoms with Crippen molar-refractivity contribution in [2.24, 2.45) is 7.05 Å². The van der Waals surface area contributed by atoms with Crippen molar-refractivity contribution in [1.29, 1.82) is 0 Å². The van der Waals surface area contributed by atoms with Gasteiger partial charge in [-0.15, -0.1) is 11.6 Å². The maximum absolute atomic E-state index is 12.0. The molecule has 17 heavy (non-hydrogen) atoms. The van der Waals surface area contributed by atoms with Crippen molar-refractivity contribution in [1.82, 2.24) is 14.5 Å². The van der Waals surface area contributed by atoms with Gasteiger partial charge >= 0.3 is 0 Å². The summed E-state index contributed by atoms with van der Waals surface area (Å²) in [6.45, 7) is 0.179. The Morgan fingerprint density at radius 1 is 1.65 bits per heavy atom. The molecule has 0 aromatic carbocycles. The first-order valence-electron chi connectivity index (χ1n) is 4.67. The second-order valence-electron chi connectivity index (χ2n) is 3.35. The number of sulfonamides is 1. The first-order valence-corrected chi connectivity index (χ1v) is 7.06. The number of alkyl halides is 1. The molecule has 1 atom stereocenters. The summed E-state index contributed by atoms with van der Waals surface area (Å²) in [5, 5.41) is 3.73. The number of aromatic nitrogens is 2. The molecule has 0 saturated carbocycles. The Kier molecular flexibility index (Phi) is 5.21. The van der Waals surface area contributed by atoms with Crippen LogP contribution >= 0.6 is 23.2 Å². The number of hydrogen-bond acceptors (Lipinski definition) is 4. The zero-order valence-corrected chi connectivity index (χ0v) is 11.7. The van der Waals surface area contributed by atoms with Gasteiger partial charge in [0.25, 0.3) is 10.0 Å². The van der Waals surface area contributed by atoms with Crippen molar-refractivity contribution < 1.29 is 13.2 Å². The molecule has 0 aliphatic carbocycles. The second kappa shape index (κ2) is 6.01. The quantitative estimate of drug-likeness (QED) is 0.781. The third-order valence-electron chi connectivity index (χ3n) is 1.97. The lowest BCUT2D eigenvalue weighted by molar-refractivity contribution is 0.181. The summed E-state index contributed by atoms with van der Waals surface area (Å²) in [4.78, 5) is 0. The number of methoxy groups -OCH3 is 1. The smallest absolute Gasteiger partial charge is 0.259 e. The van der Waals surface area contributed by atoms with Gasteiger partial charge in [0, 0.05) is 20.0 Å². The van der Waals surface area contributed by atoms with E-state index in [0.717, 1.165) is 0 Å². The predicted octanol–water partition coefficient (Wildman–Crippen LogP) is 0.606. The van der Waals surface area contributed by atoms with Crippen LogP contribution in [0.25, 0.3) is 0 Å². The molecule has 0 radical (unpaired) electrons. The van der Waals surface area contributed by atoms with Crippen LogP contribution in [0.3, 0.4) is 0 Å². The second-order valence-corrected chi connectivity index (χ2v) is 5.69. The van der Waals surface area contributed by atoms with Gasteiger partial charge in [-0.2, -0.15) is 5.10 Å². The molecule has 1 rings (SSSR count). The van der Waals surface area contributed by atoms with E-state index in [4.69, 9.17) is 27.9 Å². The van der Waals surface area contributed by atoms with E-state index in [9.17, 15) is 8.42 Å². The van der Waals surface area contributed by atoms with Crippen molar-refractivity contribution in [3.63, 3.8) is 0 Å². The summed E-state index contributed by atoms with van der Waals surface area (Å²) in [5.41, 5.74) is 0. The van der Waals surface area contributed by atoms with E-state index < -0.39 is 16.1 Å². The van der Waals surface area contributed by atoms with Gasteiger partial charge < -0.3 is 4.74 Å². The first kappa shape index (κ1) is 14.7. The molecule has 0 spiro atoms. The number of aryl methyl sites for hydroxylation is 1. The number of hydrogen-bond donors (Lipinski definition) is 1. The standard InChI is InChI=1S/C8H13Cl2N3O3S/c1-13-8(7(10)4-11-13)17(14,15)12-6(3-9)5-16-2/h4,6,12H,3,5H2,1-2H3. The first-order chi connectivity index (χ1) is 7.92. The summed E-state index contributed by atoms with van der Waals surface area (Å²) in [6.07, 6.45) is 1.27. The van der Waals surface area contributed by atoms with Gasteiger partial charge in [-0.1, -0.05) is 11.6 Å². The highest BCUT2D eigenvalue weighted by Crippen LogP contribution is 2.19. The number of halogens is 2. The molecule has 0 aliphatic heterocycles. The fourth-order valence-electron chi connectivity index (χ4n) is 1.29. The average Bonchev–Trinajstić information content (AvgIpc) is 2.58. The molecule has 0 fully saturated rings. The molecular formula is C8H13Cl2N3O3S. The molecule has 0 bridgehead atoms. The number of ether oxygens (including phenoxy) is 1. The third-order valence-corrected chi connectivity index (χ3v) is 4.37. The Morgan fingerprint density at radius 2 is 2.29 bits per heavy atom. The highest BCUT2D eigenvalue weighted by atomic mass is 35.5. The Bertz CT molecular complexity index is 455. The molecule has 98 valence electrons. The summed E-state index contributed by atoms with van der Waals surface area (Å²) in [6, 6.07) is -0.516. The highest BCUT2D eigenvalue weighted by molar-refractivity contribution is 7.89. The average molecular weight is 302 g/mol. The van der Waals surface area contributed by atoms with Gasteiger partial charge in [0.15, 0.2) is 5.03 Å². The zero-order chi connectivity index (χ0) is 13.1. The molecule has 1 aromatic rings. The highest BCUT2D eigenvalue weighted by Gasteiger charge is 2.25. The van der Waals surface area contributed by atoms with Gasteiger partial charge in [0.2, 0.25) is 0 Å². The summed E-state index contributed by atoms with van der Waals surface area (Å²) in [5.74, 6) is 0.0997. The van der Waals surface area contributed by atoms with E-state index in [1.807, 2.05) is 0 Å². The summed E-state index contributed by atoms with van der Waals surface area (Å²) < 4.78 is 32.5. The molecule has 1 N–H and O–H groups in total. The van der Waals surface area contributed by atoms with Crippen LogP contribution in [0.15, 0.2) is 11.2 Å². The Labute approximate surface area is 110 Å². The number of nitrogens with zero attached hydrogens (tertiary/aromatic N) is 2. The van der Waals surface area contributed by atoms with Crippen LogP contribution in [0.1, 0.15) is 0 Å². The molecule has 6 nitrogen and oxygen atoms in total. The van der Waals surface area contributed by atoms with Crippen LogP contribution in [0.5, 0.6) is 0 Å². The molecule has 9 heteroatoms. The van der Waals surface area contributed by atoms with E-state index in [2.05, 4.69) is 9.82 Å². The van der Waals surface area contributed by atoms with Crippen molar-refractivity contribution in [3.8, 4) is 0 Å². The van der Waals surface area contributed by atoms with E-state index in [-0.39, 0.29) is 22.5 Å². The van der Waals surface area contributed by atoms with Gasteiger partial charge in [-0.05, 0) is 0 Å².